The van der Waals surface area contributed by atoms with E-state index in [0.29, 0.717) is 19.4 Å². The Hall–Kier alpha value is -3.18. The van der Waals surface area contributed by atoms with E-state index in [1.165, 1.54) is 64.2 Å². The van der Waals surface area contributed by atoms with Crippen molar-refractivity contribution in [2.24, 2.45) is 0 Å². The molecule has 0 saturated heterocycles. The molecule has 0 aliphatic carbocycles. The first-order chi connectivity index (χ1) is 29.6. The molecule has 60 heavy (non-hydrogen) atoms. The summed E-state index contributed by atoms with van der Waals surface area (Å²) in [7, 11) is 0. The zero-order chi connectivity index (χ0) is 43.5. The molecule has 0 aromatic rings. The minimum Gasteiger partial charge on any atom is -0.462 e. The Morgan fingerprint density at radius 1 is 0.383 bits per heavy atom. The van der Waals surface area contributed by atoms with Gasteiger partial charge in [-0.15, -0.1) is 0 Å². The van der Waals surface area contributed by atoms with Gasteiger partial charge in [0.1, 0.15) is 6.61 Å². The average molecular weight is 833 g/mol. The van der Waals surface area contributed by atoms with Crippen LogP contribution in [0.15, 0.2) is 97.2 Å². The van der Waals surface area contributed by atoms with Crippen LogP contribution in [0.3, 0.4) is 0 Å². The molecule has 1 unspecified atom stereocenters. The fraction of sp³-hybridized carbons (Fsp3) is 0.673. The van der Waals surface area contributed by atoms with Gasteiger partial charge in [0.25, 0.3) is 0 Å². The molecule has 0 aliphatic rings. The van der Waals surface area contributed by atoms with Crippen LogP contribution in [0.2, 0.25) is 0 Å². The van der Waals surface area contributed by atoms with Crippen LogP contribution in [-0.2, 0) is 23.8 Å². The molecule has 0 bridgehead atoms. The zero-order valence-corrected chi connectivity index (χ0v) is 39.2. The Bertz CT molecular complexity index is 1170. The SMILES string of the molecule is CC/C=C\C/C=C\C/C=C\C/C=C\C/C=C\CCCCOCC(COC(=O)CCCCCCCCC/C=C\C/C=C\C/C=C\CC)OC(=O)CCCCCCCCCCC. The fourth-order valence-corrected chi connectivity index (χ4v) is 6.49. The van der Waals surface area contributed by atoms with Crippen LogP contribution in [0.5, 0.6) is 0 Å². The quantitative estimate of drug-likeness (QED) is 0.0348. The van der Waals surface area contributed by atoms with E-state index in [4.69, 9.17) is 14.2 Å². The van der Waals surface area contributed by atoms with Gasteiger partial charge in [0.05, 0.1) is 6.61 Å². The number of hydrogen-bond acceptors (Lipinski definition) is 5. The minimum absolute atomic E-state index is 0.0589. The maximum Gasteiger partial charge on any atom is 0.306 e. The monoisotopic (exact) mass is 833 g/mol. The summed E-state index contributed by atoms with van der Waals surface area (Å²) >= 11 is 0. The number of carbonyl (C=O) groups is 2. The van der Waals surface area contributed by atoms with Gasteiger partial charge in [-0.25, -0.2) is 0 Å². The normalized spacial score (nSPS) is 13.1. The largest absolute Gasteiger partial charge is 0.462 e. The van der Waals surface area contributed by atoms with Crippen LogP contribution in [0.1, 0.15) is 213 Å². The second-order valence-electron chi connectivity index (χ2n) is 16.0. The van der Waals surface area contributed by atoms with Crippen molar-refractivity contribution in [3.05, 3.63) is 97.2 Å². The van der Waals surface area contributed by atoms with Crippen molar-refractivity contribution in [1.82, 2.24) is 0 Å². The van der Waals surface area contributed by atoms with Crippen LogP contribution < -0.4 is 0 Å². The minimum atomic E-state index is -0.565. The average Bonchev–Trinajstić information content (AvgIpc) is 3.25. The van der Waals surface area contributed by atoms with Crippen molar-refractivity contribution >= 4 is 11.9 Å². The first kappa shape index (κ1) is 56.8. The van der Waals surface area contributed by atoms with Crippen molar-refractivity contribution in [2.75, 3.05) is 19.8 Å². The van der Waals surface area contributed by atoms with Crippen molar-refractivity contribution in [3.8, 4) is 0 Å². The molecule has 1 atom stereocenters. The third-order valence-electron chi connectivity index (χ3n) is 10.1. The molecule has 342 valence electrons. The van der Waals surface area contributed by atoms with Gasteiger partial charge in [0.2, 0.25) is 0 Å². The topological polar surface area (TPSA) is 61.8 Å². The summed E-state index contributed by atoms with van der Waals surface area (Å²) in [6.45, 7) is 7.47. The molecule has 0 aliphatic heterocycles. The summed E-state index contributed by atoms with van der Waals surface area (Å²) in [6, 6.07) is 0. The van der Waals surface area contributed by atoms with Crippen LogP contribution in [0.4, 0.5) is 0 Å². The van der Waals surface area contributed by atoms with E-state index in [1.807, 2.05) is 0 Å². The molecule has 0 aromatic carbocycles. The highest BCUT2D eigenvalue weighted by molar-refractivity contribution is 5.70. The number of esters is 2. The van der Waals surface area contributed by atoms with Crippen LogP contribution in [-0.4, -0.2) is 37.9 Å². The number of unbranched alkanes of at least 4 members (excludes halogenated alkanes) is 17. The van der Waals surface area contributed by atoms with E-state index in [1.54, 1.807) is 0 Å². The predicted octanol–water partition coefficient (Wildman–Crippen LogP) is 16.7. The van der Waals surface area contributed by atoms with E-state index in [9.17, 15) is 9.59 Å². The lowest BCUT2D eigenvalue weighted by molar-refractivity contribution is -0.163. The lowest BCUT2D eigenvalue weighted by Crippen LogP contribution is -2.30. The van der Waals surface area contributed by atoms with Crippen molar-refractivity contribution in [2.45, 2.75) is 219 Å². The number of hydrogen-bond donors (Lipinski definition) is 0. The third-order valence-corrected chi connectivity index (χ3v) is 10.1. The van der Waals surface area contributed by atoms with Crippen LogP contribution in [0, 0.1) is 0 Å². The van der Waals surface area contributed by atoms with E-state index >= 15 is 0 Å². The number of allylic oxidation sites excluding steroid dienone is 16. The van der Waals surface area contributed by atoms with E-state index in [2.05, 4.69) is 118 Å². The smallest absolute Gasteiger partial charge is 0.306 e. The molecule has 0 rings (SSSR count). The third kappa shape index (κ3) is 47.5. The zero-order valence-electron chi connectivity index (χ0n) is 39.2. The Morgan fingerprint density at radius 2 is 0.750 bits per heavy atom. The van der Waals surface area contributed by atoms with Crippen molar-refractivity contribution < 1.29 is 23.8 Å². The van der Waals surface area contributed by atoms with Crippen LogP contribution >= 0.6 is 0 Å². The summed E-state index contributed by atoms with van der Waals surface area (Å²) in [5, 5.41) is 0. The van der Waals surface area contributed by atoms with Crippen molar-refractivity contribution in [1.29, 1.82) is 0 Å². The first-order valence-electron chi connectivity index (χ1n) is 24.8. The van der Waals surface area contributed by atoms with E-state index < -0.39 is 6.10 Å². The Morgan fingerprint density at radius 3 is 1.20 bits per heavy atom. The molecular formula is C55H92O5. The summed E-state index contributed by atoms with van der Waals surface area (Å²) in [6.07, 6.45) is 67.1. The van der Waals surface area contributed by atoms with E-state index in [0.717, 1.165) is 116 Å². The highest BCUT2D eigenvalue weighted by Gasteiger charge is 2.17. The molecule has 5 heteroatoms. The molecule has 0 saturated carbocycles. The number of carbonyl (C=O) groups excluding carboxylic acids is 2. The maximum atomic E-state index is 12.7. The second-order valence-corrected chi connectivity index (χ2v) is 16.0. The summed E-state index contributed by atoms with van der Waals surface area (Å²) in [5.41, 5.74) is 0. The van der Waals surface area contributed by atoms with Crippen molar-refractivity contribution in [3.63, 3.8) is 0 Å². The highest BCUT2D eigenvalue weighted by atomic mass is 16.6. The molecule has 5 nitrogen and oxygen atoms in total. The molecule has 0 spiro atoms. The Balaban J connectivity index is 4.30. The Labute approximate surface area is 371 Å². The van der Waals surface area contributed by atoms with Gasteiger partial charge in [-0.1, -0.05) is 201 Å². The predicted molar refractivity (Wildman–Crippen MR) is 260 cm³/mol. The highest BCUT2D eigenvalue weighted by Crippen LogP contribution is 2.13. The molecule has 0 fully saturated rings. The number of ether oxygens (including phenoxy) is 3. The van der Waals surface area contributed by atoms with E-state index in [-0.39, 0.29) is 25.2 Å². The maximum absolute atomic E-state index is 12.7. The van der Waals surface area contributed by atoms with Gasteiger partial charge in [-0.3, -0.25) is 9.59 Å². The second kappa shape index (κ2) is 50.2. The summed E-state index contributed by atoms with van der Waals surface area (Å²) in [4.78, 5) is 25.3. The van der Waals surface area contributed by atoms with Crippen LogP contribution in [0.25, 0.3) is 0 Å². The molecule has 0 radical (unpaired) electrons. The number of rotatable bonds is 44. The molecule has 0 N–H and O–H groups in total. The van der Waals surface area contributed by atoms with Gasteiger partial charge in [0, 0.05) is 19.4 Å². The molecule has 0 heterocycles. The standard InChI is InChI=1S/C55H92O5/c1-4-7-10-13-16-19-21-23-25-27-29-31-33-35-38-41-44-47-50-58-51-53(60-55(57)49-46-43-40-36-18-15-12-9-6-3)52-59-54(56)48-45-42-39-37-34-32-30-28-26-24-22-20-17-14-11-8-5-2/h7-8,10-11,16-17,19-20,23-26,29,31,35,38,53H,4-6,9,12-15,18,21-22,27-28,30,32-34,36-37,39-52H2,1-3H3/b10-7-,11-8-,19-16-,20-17-,25-23-,26-24-,31-29-,38-35-. The summed E-state index contributed by atoms with van der Waals surface area (Å²) in [5.74, 6) is -0.439. The first-order valence-corrected chi connectivity index (χ1v) is 24.8. The Kier molecular flexibility index (Phi) is 47.5. The fourth-order valence-electron chi connectivity index (χ4n) is 6.49. The van der Waals surface area contributed by atoms with Gasteiger partial charge in [-0.05, 0) is 96.3 Å². The lowest BCUT2D eigenvalue weighted by Gasteiger charge is -2.18. The van der Waals surface area contributed by atoms with Gasteiger partial charge in [0.15, 0.2) is 6.10 Å². The van der Waals surface area contributed by atoms with Gasteiger partial charge in [-0.2, -0.15) is 0 Å². The molecule has 0 aromatic heterocycles. The molecular weight excluding hydrogens is 741 g/mol. The molecule has 0 amide bonds. The van der Waals surface area contributed by atoms with Gasteiger partial charge >= 0.3 is 11.9 Å². The summed E-state index contributed by atoms with van der Waals surface area (Å²) < 4.78 is 17.3. The lowest BCUT2D eigenvalue weighted by atomic mass is 10.1. The van der Waals surface area contributed by atoms with Gasteiger partial charge < -0.3 is 14.2 Å².